The van der Waals surface area contributed by atoms with E-state index in [1.165, 1.54) is 12.1 Å². The summed E-state index contributed by atoms with van der Waals surface area (Å²) < 4.78 is 32.1. The average Bonchev–Trinajstić information content (AvgIpc) is 2.42. The topological polar surface area (TPSA) is 21.3 Å². The van der Waals surface area contributed by atoms with E-state index in [1.54, 1.807) is 0 Å². The molecule has 112 valence electrons. The molecule has 0 aliphatic heterocycles. The SMILES string of the molecule is CCOc1ccc(NC(C)c2ccc(F)cc2F)c(C)c1. The van der Waals surface area contributed by atoms with Crippen LogP contribution in [0.4, 0.5) is 14.5 Å². The predicted octanol–water partition coefficient (Wildman–Crippen LogP) is 4.85. The largest absolute Gasteiger partial charge is 0.494 e. The number of aryl methyl sites for hydroxylation is 1. The first kappa shape index (κ1) is 15.3. The van der Waals surface area contributed by atoms with Crippen LogP contribution in [-0.4, -0.2) is 6.61 Å². The summed E-state index contributed by atoms with van der Waals surface area (Å²) in [6, 6.07) is 9.07. The van der Waals surface area contributed by atoms with Gasteiger partial charge >= 0.3 is 0 Å². The Morgan fingerprint density at radius 1 is 1.14 bits per heavy atom. The molecule has 2 aromatic rings. The van der Waals surface area contributed by atoms with E-state index in [2.05, 4.69) is 5.32 Å². The summed E-state index contributed by atoms with van der Waals surface area (Å²) in [6.07, 6.45) is 0. The Bertz CT molecular complexity index is 628. The summed E-state index contributed by atoms with van der Waals surface area (Å²) >= 11 is 0. The summed E-state index contributed by atoms with van der Waals surface area (Å²) in [5, 5.41) is 3.24. The van der Waals surface area contributed by atoms with Crippen LogP contribution in [0, 0.1) is 18.6 Å². The molecule has 1 N–H and O–H groups in total. The van der Waals surface area contributed by atoms with Crippen LogP contribution in [0.2, 0.25) is 0 Å². The smallest absolute Gasteiger partial charge is 0.131 e. The maximum absolute atomic E-state index is 13.8. The summed E-state index contributed by atoms with van der Waals surface area (Å²) in [4.78, 5) is 0. The third-order valence-corrected chi connectivity index (χ3v) is 3.31. The molecule has 1 atom stereocenters. The number of hydrogen-bond acceptors (Lipinski definition) is 2. The Hall–Kier alpha value is -2.10. The van der Waals surface area contributed by atoms with Gasteiger partial charge in [0.2, 0.25) is 0 Å². The Morgan fingerprint density at radius 3 is 2.52 bits per heavy atom. The minimum absolute atomic E-state index is 0.262. The van der Waals surface area contributed by atoms with E-state index < -0.39 is 11.6 Å². The van der Waals surface area contributed by atoms with Crippen LogP contribution in [0.1, 0.15) is 31.0 Å². The van der Waals surface area contributed by atoms with E-state index in [9.17, 15) is 8.78 Å². The van der Waals surface area contributed by atoms with Gasteiger partial charge < -0.3 is 10.1 Å². The van der Waals surface area contributed by atoms with Crippen molar-refractivity contribution in [2.24, 2.45) is 0 Å². The summed E-state index contributed by atoms with van der Waals surface area (Å²) in [5.41, 5.74) is 2.34. The predicted molar refractivity (Wildman–Crippen MR) is 80.7 cm³/mol. The molecule has 0 aromatic heterocycles. The Morgan fingerprint density at radius 2 is 1.90 bits per heavy atom. The standard InChI is InChI=1S/C17H19F2NO/c1-4-21-14-6-8-17(11(2)9-14)20-12(3)15-7-5-13(18)10-16(15)19/h5-10,12,20H,4H2,1-3H3. The van der Waals surface area contributed by atoms with Crippen LogP contribution in [0.3, 0.4) is 0 Å². The number of hydrogen-bond donors (Lipinski definition) is 1. The number of rotatable bonds is 5. The average molecular weight is 291 g/mol. The van der Waals surface area contributed by atoms with Gasteiger partial charge in [0.05, 0.1) is 12.6 Å². The lowest BCUT2D eigenvalue weighted by Gasteiger charge is -2.18. The molecule has 0 radical (unpaired) electrons. The molecule has 21 heavy (non-hydrogen) atoms. The summed E-state index contributed by atoms with van der Waals surface area (Å²) in [5.74, 6) is -0.305. The van der Waals surface area contributed by atoms with Gasteiger partial charge in [0.1, 0.15) is 17.4 Å². The van der Waals surface area contributed by atoms with Crippen molar-refractivity contribution in [2.45, 2.75) is 26.8 Å². The second-order valence-corrected chi connectivity index (χ2v) is 4.94. The van der Waals surface area contributed by atoms with Gasteiger partial charge in [0, 0.05) is 17.3 Å². The molecule has 2 rings (SSSR count). The van der Waals surface area contributed by atoms with E-state index in [0.717, 1.165) is 23.1 Å². The lowest BCUT2D eigenvalue weighted by molar-refractivity contribution is 0.340. The van der Waals surface area contributed by atoms with Gasteiger partial charge in [0.15, 0.2) is 0 Å². The zero-order chi connectivity index (χ0) is 15.4. The Kier molecular flexibility index (Phi) is 4.78. The highest BCUT2D eigenvalue weighted by molar-refractivity contribution is 5.54. The summed E-state index contributed by atoms with van der Waals surface area (Å²) in [7, 11) is 0. The van der Waals surface area contributed by atoms with E-state index in [4.69, 9.17) is 4.74 Å². The third kappa shape index (κ3) is 3.72. The number of anilines is 1. The number of ether oxygens (including phenoxy) is 1. The van der Waals surface area contributed by atoms with E-state index >= 15 is 0 Å². The first-order valence-electron chi connectivity index (χ1n) is 6.96. The van der Waals surface area contributed by atoms with Crippen molar-refractivity contribution in [3.05, 3.63) is 59.2 Å². The first-order chi connectivity index (χ1) is 10.0. The van der Waals surface area contributed by atoms with Crippen molar-refractivity contribution in [1.82, 2.24) is 0 Å². The molecular formula is C17H19F2NO. The quantitative estimate of drug-likeness (QED) is 0.850. The molecule has 0 amide bonds. The van der Waals surface area contributed by atoms with Crippen molar-refractivity contribution in [3.63, 3.8) is 0 Å². The lowest BCUT2D eigenvalue weighted by Crippen LogP contribution is -2.10. The molecule has 2 nitrogen and oxygen atoms in total. The third-order valence-electron chi connectivity index (χ3n) is 3.31. The minimum atomic E-state index is -0.569. The zero-order valence-corrected chi connectivity index (χ0v) is 12.4. The van der Waals surface area contributed by atoms with Crippen LogP contribution in [0.15, 0.2) is 36.4 Å². The van der Waals surface area contributed by atoms with E-state index in [-0.39, 0.29) is 6.04 Å². The fourth-order valence-corrected chi connectivity index (χ4v) is 2.22. The Balaban J connectivity index is 2.17. The second kappa shape index (κ2) is 6.57. The highest BCUT2D eigenvalue weighted by Gasteiger charge is 2.12. The monoisotopic (exact) mass is 291 g/mol. The normalized spacial score (nSPS) is 12.0. The number of nitrogens with one attached hydrogen (secondary N) is 1. The molecule has 0 aliphatic rings. The van der Waals surface area contributed by atoms with Crippen molar-refractivity contribution in [3.8, 4) is 5.75 Å². The molecule has 0 spiro atoms. The zero-order valence-electron chi connectivity index (χ0n) is 12.4. The molecular weight excluding hydrogens is 272 g/mol. The van der Waals surface area contributed by atoms with Gasteiger partial charge in [-0.2, -0.15) is 0 Å². The maximum atomic E-state index is 13.8. The Labute approximate surface area is 123 Å². The van der Waals surface area contributed by atoms with Gasteiger partial charge in [0.25, 0.3) is 0 Å². The second-order valence-electron chi connectivity index (χ2n) is 4.94. The molecule has 0 fully saturated rings. The fourth-order valence-electron chi connectivity index (χ4n) is 2.22. The molecule has 0 aliphatic carbocycles. The van der Waals surface area contributed by atoms with Crippen LogP contribution < -0.4 is 10.1 Å². The molecule has 0 saturated carbocycles. The molecule has 0 bridgehead atoms. The molecule has 0 saturated heterocycles. The van der Waals surface area contributed by atoms with Crippen molar-refractivity contribution < 1.29 is 13.5 Å². The van der Waals surface area contributed by atoms with Crippen molar-refractivity contribution >= 4 is 5.69 Å². The van der Waals surface area contributed by atoms with Gasteiger partial charge in [-0.3, -0.25) is 0 Å². The number of benzene rings is 2. The van der Waals surface area contributed by atoms with Crippen LogP contribution in [0.5, 0.6) is 5.75 Å². The van der Waals surface area contributed by atoms with E-state index in [0.29, 0.717) is 12.2 Å². The van der Waals surface area contributed by atoms with E-state index in [1.807, 2.05) is 39.0 Å². The van der Waals surface area contributed by atoms with Crippen LogP contribution >= 0.6 is 0 Å². The van der Waals surface area contributed by atoms with Gasteiger partial charge in [-0.15, -0.1) is 0 Å². The van der Waals surface area contributed by atoms with Crippen LogP contribution in [0.25, 0.3) is 0 Å². The van der Waals surface area contributed by atoms with Crippen molar-refractivity contribution in [2.75, 3.05) is 11.9 Å². The van der Waals surface area contributed by atoms with Gasteiger partial charge in [-0.1, -0.05) is 6.07 Å². The highest BCUT2D eigenvalue weighted by Crippen LogP contribution is 2.26. The molecule has 2 aromatic carbocycles. The highest BCUT2D eigenvalue weighted by atomic mass is 19.1. The first-order valence-corrected chi connectivity index (χ1v) is 6.96. The molecule has 0 heterocycles. The fraction of sp³-hybridized carbons (Fsp3) is 0.294. The maximum Gasteiger partial charge on any atom is 0.131 e. The minimum Gasteiger partial charge on any atom is -0.494 e. The van der Waals surface area contributed by atoms with Crippen LogP contribution in [-0.2, 0) is 0 Å². The van der Waals surface area contributed by atoms with Crippen molar-refractivity contribution in [1.29, 1.82) is 0 Å². The molecule has 1 unspecified atom stereocenters. The molecule has 4 heteroatoms. The van der Waals surface area contributed by atoms with Gasteiger partial charge in [-0.25, -0.2) is 8.78 Å². The lowest BCUT2D eigenvalue weighted by atomic mass is 10.1. The van der Waals surface area contributed by atoms with Gasteiger partial charge in [-0.05, 0) is 50.6 Å². The summed E-state index contributed by atoms with van der Waals surface area (Å²) in [6.45, 7) is 6.34. The number of halogens is 2.